The van der Waals surface area contributed by atoms with Crippen LogP contribution in [0.25, 0.3) is 0 Å². The molecule has 2 rings (SSSR count). The van der Waals surface area contributed by atoms with Crippen molar-refractivity contribution in [2.24, 2.45) is 0 Å². The molecule has 12 unspecified atom stereocenters. The Balaban J connectivity index is 1.59. The van der Waals surface area contributed by atoms with Crippen LogP contribution in [0.3, 0.4) is 0 Å². The highest BCUT2D eigenvalue weighted by Gasteiger charge is 2.51. The Morgan fingerprint density at radius 1 is 0.376 bits per heavy atom. The molecule has 0 bridgehead atoms. The first-order valence-corrected chi connectivity index (χ1v) is 39.7. The minimum atomic E-state index is -1.79. The number of nitrogens with one attached hydrogen (secondary N) is 1. The number of amides is 1. The number of aliphatic hydroxyl groups excluding tert-OH is 8. The number of hydrogen-bond donors (Lipinski definition) is 9. The van der Waals surface area contributed by atoms with Gasteiger partial charge in [0.15, 0.2) is 12.6 Å². The number of allylic oxidation sites excluding steroid dienone is 5. The van der Waals surface area contributed by atoms with Gasteiger partial charge in [-0.05, 0) is 44.9 Å². The van der Waals surface area contributed by atoms with Crippen molar-refractivity contribution in [2.75, 3.05) is 19.8 Å². The Bertz CT molecular complexity index is 1700. The molecule has 0 aromatic heterocycles. The molecule has 2 aliphatic heterocycles. The number of aliphatic hydroxyl groups is 8. The summed E-state index contributed by atoms with van der Waals surface area (Å²) >= 11 is 0. The van der Waals surface area contributed by atoms with Crippen LogP contribution in [0.2, 0.25) is 0 Å². The standard InChI is InChI=1S/C79H149NO13/c1-3-5-7-9-11-13-15-17-19-21-23-25-26-27-28-29-30-31-32-33-34-35-36-37-38-39-40-41-43-45-47-49-51-53-55-57-59-61-63-71(84)80-67(68(83)62-60-58-56-54-52-50-48-46-44-42-24-22-20-18-16-14-12-10-8-6-4-2)66-90-78-76(89)74(87)77(70(65-82)92-78)93-79-75(88)73(86)72(85)69(64-81)91-79/h44,46,52,54,60,62,67-70,72-79,81-83,85-89H,3-43,45,47-51,53,55-59,61,63-66H2,1-2H3,(H,80,84)/b46-44+,54-52+,62-60+. The van der Waals surface area contributed by atoms with E-state index in [-0.39, 0.29) is 18.9 Å². The maximum atomic E-state index is 13.4. The first kappa shape index (κ1) is 87.3. The molecule has 548 valence electrons. The summed E-state index contributed by atoms with van der Waals surface area (Å²) in [4.78, 5) is 13.4. The van der Waals surface area contributed by atoms with Gasteiger partial charge >= 0.3 is 0 Å². The predicted octanol–water partition coefficient (Wildman–Crippen LogP) is 17.6. The normalized spacial score (nSPS) is 22.7. The Morgan fingerprint density at radius 2 is 0.688 bits per heavy atom. The van der Waals surface area contributed by atoms with Gasteiger partial charge in [0.25, 0.3) is 0 Å². The molecule has 2 fully saturated rings. The highest BCUT2D eigenvalue weighted by molar-refractivity contribution is 5.76. The third-order valence-corrected chi connectivity index (χ3v) is 19.6. The average Bonchev–Trinajstić information content (AvgIpc) is 0.843. The van der Waals surface area contributed by atoms with Crippen molar-refractivity contribution >= 4 is 5.91 Å². The lowest BCUT2D eigenvalue weighted by Crippen LogP contribution is -2.65. The SMILES string of the molecule is CCCCCCCCCCCCC/C=C/CC/C=C/CC/C=C/C(O)C(COC1OC(CO)C(OC2OC(CO)C(O)C(O)C2O)C(O)C1O)NC(=O)CCCCCCCCCCCCCCCCCCCCCCCCCCCCCCCCCCCCCCCC. The van der Waals surface area contributed by atoms with Gasteiger partial charge in [-0.15, -0.1) is 0 Å². The van der Waals surface area contributed by atoms with Crippen LogP contribution in [0.4, 0.5) is 0 Å². The van der Waals surface area contributed by atoms with E-state index in [2.05, 4.69) is 43.5 Å². The van der Waals surface area contributed by atoms with Crippen LogP contribution >= 0.6 is 0 Å². The van der Waals surface area contributed by atoms with E-state index in [1.165, 1.54) is 289 Å². The maximum Gasteiger partial charge on any atom is 0.220 e. The van der Waals surface area contributed by atoms with Crippen molar-refractivity contribution in [3.63, 3.8) is 0 Å². The molecular formula is C79H149NO13. The lowest BCUT2D eigenvalue weighted by Gasteiger charge is -2.46. The molecule has 2 heterocycles. The van der Waals surface area contributed by atoms with Gasteiger partial charge in [0.05, 0.1) is 32.0 Å². The summed E-state index contributed by atoms with van der Waals surface area (Å²) in [5, 5.41) is 87.5. The van der Waals surface area contributed by atoms with Crippen molar-refractivity contribution in [2.45, 2.75) is 441 Å². The van der Waals surface area contributed by atoms with Crippen molar-refractivity contribution in [1.29, 1.82) is 0 Å². The zero-order valence-electron chi connectivity index (χ0n) is 60.0. The average molecular weight is 1320 g/mol. The largest absolute Gasteiger partial charge is 0.394 e. The van der Waals surface area contributed by atoms with Crippen LogP contribution in [-0.2, 0) is 23.7 Å². The molecule has 0 spiro atoms. The number of unbranched alkanes of at least 4 members (excludes halogenated alkanes) is 50. The van der Waals surface area contributed by atoms with Gasteiger partial charge in [0.1, 0.15) is 48.8 Å². The first-order valence-electron chi connectivity index (χ1n) is 39.7. The van der Waals surface area contributed by atoms with Crippen LogP contribution < -0.4 is 5.32 Å². The molecule has 2 aliphatic rings. The molecule has 0 aromatic carbocycles. The molecule has 9 N–H and O–H groups in total. The van der Waals surface area contributed by atoms with Crippen LogP contribution in [0.15, 0.2) is 36.5 Å². The van der Waals surface area contributed by atoms with E-state index in [4.69, 9.17) is 18.9 Å². The van der Waals surface area contributed by atoms with Gasteiger partial charge < -0.3 is 65.1 Å². The summed E-state index contributed by atoms with van der Waals surface area (Å²) in [6.45, 7) is 2.83. The third-order valence-electron chi connectivity index (χ3n) is 19.6. The zero-order valence-corrected chi connectivity index (χ0v) is 60.0. The topological polar surface area (TPSA) is 228 Å². The van der Waals surface area contributed by atoms with Crippen LogP contribution in [-0.4, -0.2) is 140 Å². The van der Waals surface area contributed by atoms with E-state index in [1.54, 1.807) is 6.08 Å². The van der Waals surface area contributed by atoms with E-state index in [0.29, 0.717) is 12.8 Å². The van der Waals surface area contributed by atoms with E-state index < -0.39 is 86.8 Å². The quantitative estimate of drug-likeness (QED) is 0.0204. The number of hydrogen-bond acceptors (Lipinski definition) is 13. The highest BCUT2D eigenvalue weighted by Crippen LogP contribution is 2.30. The monoisotopic (exact) mass is 1320 g/mol. The van der Waals surface area contributed by atoms with E-state index in [1.807, 2.05) is 6.08 Å². The van der Waals surface area contributed by atoms with Crippen LogP contribution in [0.1, 0.15) is 367 Å². The molecule has 0 radical (unpaired) electrons. The number of carbonyl (C=O) groups is 1. The molecule has 2 saturated heterocycles. The number of carbonyl (C=O) groups excluding carboxylic acids is 1. The third kappa shape index (κ3) is 47.0. The first-order chi connectivity index (χ1) is 45.6. The second kappa shape index (κ2) is 63.6. The lowest BCUT2D eigenvalue weighted by atomic mass is 9.97. The van der Waals surface area contributed by atoms with Crippen molar-refractivity contribution in [3.8, 4) is 0 Å². The molecule has 93 heavy (non-hydrogen) atoms. The summed E-state index contributed by atoms with van der Waals surface area (Å²) in [5.41, 5.74) is 0. The maximum absolute atomic E-state index is 13.4. The molecule has 0 saturated carbocycles. The van der Waals surface area contributed by atoms with Gasteiger partial charge in [0.2, 0.25) is 5.91 Å². The van der Waals surface area contributed by atoms with E-state index in [0.717, 1.165) is 44.9 Å². The van der Waals surface area contributed by atoms with Crippen LogP contribution in [0, 0.1) is 0 Å². The Labute approximate surface area is 570 Å². The van der Waals surface area contributed by atoms with Gasteiger partial charge in [-0.2, -0.15) is 0 Å². The zero-order chi connectivity index (χ0) is 67.3. The lowest BCUT2D eigenvalue weighted by molar-refractivity contribution is -0.359. The van der Waals surface area contributed by atoms with Gasteiger partial charge in [-0.1, -0.05) is 352 Å². The van der Waals surface area contributed by atoms with E-state index in [9.17, 15) is 45.6 Å². The fourth-order valence-corrected chi connectivity index (χ4v) is 13.3. The van der Waals surface area contributed by atoms with Crippen molar-refractivity contribution in [1.82, 2.24) is 5.32 Å². The second-order valence-corrected chi connectivity index (χ2v) is 28.2. The molecule has 0 aliphatic carbocycles. The minimum absolute atomic E-state index is 0.246. The predicted molar refractivity (Wildman–Crippen MR) is 383 cm³/mol. The molecular weight excluding hydrogens is 1170 g/mol. The summed E-state index contributed by atoms with van der Waals surface area (Å²) in [6.07, 6.45) is 66.8. The molecule has 1 amide bonds. The van der Waals surface area contributed by atoms with Gasteiger partial charge in [-0.25, -0.2) is 0 Å². The fraction of sp³-hybridized carbons (Fsp3) is 0.911. The Hall–Kier alpha value is -1.79. The summed E-state index contributed by atoms with van der Waals surface area (Å²) in [7, 11) is 0. The van der Waals surface area contributed by atoms with Crippen molar-refractivity contribution < 1.29 is 64.6 Å². The molecule has 0 aromatic rings. The highest BCUT2D eigenvalue weighted by atomic mass is 16.7. The van der Waals surface area contributed by atoms with E-state index >= 15 is 0 Å². The van der Waals surface area contributed by atoms with Crippen molar-refractivity contribution in [3.05, 3.63) is 36.5 Å². The van der Waals surface area contributed by atoms with Crippen LogP contribution in [0.5, 0.6) is 0 Å². The Morgan fingerprint density at radius 3 is 1.05 bits per heavy atom. The summed E-state index contributed by atoms with van der Waals surface area (Å²) < 4.78 is 22.9. The number of ether oxygens (including phenoxy) is 4. The van der Waals surface area contributed by atoms with Gasteiger partial charge in [0, 0.05) is 6.42 Å². The number of rotatable bonds is 67. The molecule has 12 atom stereocenters. The Kier molecular flexibility index (Phi) is 59.7. The molecule has 14 heteroatoms. The van der Waals surface area contributed by atoms with Gasteiger partial charge in [-0.3, -0.25) is 4.79 Å². The molecule has 14 nitrogen and oxygen atoms in total. The minimum Gasteiger partial charge on any atom is -0.394 e. The second-order valence-electron chi connectivity index (χ2n) is 28.2. The fourth-order valence-electron chi connectivity index (χ4n) is 13.3. The smallest absolute Gasteiger partial charge is 0.220 e. The summed E-state index contributed by atoms with van der Waals surface area (Å²) in [6, 6.07) is -0.937. The summed E-state index contributed by atoms with van der Waals surface area (Å²) in [5.74, 6) is -0.246.